The molecule has 0 bridgehead atoms. The van der Waals surface area contributed by atoms with Gasteiger partial charge in [-0.1, -0.05) is 6.07 Å². The fraction of sp³-hybridized carbons (Fsp3) is 0.167. The summed E-state index contributed by atoms with van der Waals surface area (Å²) >= 11 is 0. The van der Waals surface area contributed by atoms with Gasteiger partial charge in [0.05, 0.1) is 11.7 Å². The zero-order valence-corrected chi connectivity index (χ0v) is 14.7. The normalized spacial score (nSPS) is 13.4. The number of hydrogen-bond donors (Lipinski definition) is 1. The van der Waals surface area contributed by atoms with Gasteiger partial charge in [0, 0.05) is 16.8 Å². The summed E-state index contributed by atoms with van der Waals surface area (Å²) in [5.41, 5.74) is 2.82. The third-order valence-electron chi connectivity index (χ3n) is 4.51. The summed E-state index contributed by atoms with van der Waals surface area (Å²) < 4.78 is 3.35. The first-order valence-electron chi connectivity index (χ1n) is 8.81. The Morgan fingerprint density at radius 3 is 2.64 bits per heavy atom. The highest BCUT2D eigenvalue weighted by molar-refractivity contribution is 6.04. The fourth-order valence-electron chi connectivity index (χ4n) is 2.92. The van der Waals surface area contributed by atoms with Crippen molar-refractivity contribution in [2.45, 2.75) is 18.9 Å². The topological polar surface area (TPSA) is 116 Å². The Morgan fingerprint density at radius 2 is 1.89 bits per heavy atom. The lowest BCUT2D eigenvalue weighted by molar-refractivity contribution is 0.102. The van der Waals surface area contributed by atoms with Gasteiger partial charge in [-0.05, 0) is 76.2 Å². The highest BCUT2D eigenvalue weighted by atomic mass is 16.1. The van der Waals surface area contributed by atoms with Crippen LogP contribution in [0, 0.1) is 0 Å². The van der Waals surface area contributed by atoms with Gasteiger partial charge in [-0.3, -0.25) is 4.79 Å². The number of nitrogens with one attached hydrogen (secondary N) is 1. The van der Waals surface area contributed by atoms with Gasteiger partial charge in [0.25, 0.3) is 5.91 Å². The molecule has 4 aromatic rings. The predicted molar refractivity (Wildman–Crippen MR) is 98.6 cm³/mol. The Morgan fingerprint density at radius 1 is 1.04 bits per heavy atom. The van der Waals surface area contributed by atoms with Crippen molar-refractivity contribution >= 4 is 11.6 Å². The lowest BCUT2D eigenvalue weighted by atomic mass is 10.1. The number of benzene rings is 2. The molecule has 0 radical (unpaired) electrons. The molecule has 0 atom stereocenters. The molecule has 2 aromatic carbocycles. The Kier molecular flexibility index (Phi) is 3.86. The first-order valence-corrected chi connectivity index (χ1v) is 8.81. The maximum atomic E-state index is 12.6. The average molecular weight is 373 g/mol. The van der Waals surface area contributed by atoms with Gasteiger partial charge >= 0.3 is 0 Å². The summed E-state index contributed by atoms with van der Waals surface area (Å²) in [6.07, 6.45) is 3.69. The Hall–Kier alpha value is -3.95. The van der Waals surface area contributed by atoms with Crippen molar-refractivity contribution < 1.29 is 4.79 Å². The Labute approximate surface area is 159 Å². The van der Waals surface area contributed by atoms with Gasteiger partial charge < -0.3 is 5.32 Å². The van der Waals surface area contributed by atoms with Crippen LogP contribution >= 0.6 is 0 Å². The van der Waals surface area contributed by atoms with Crippen molar-refractivity contribution in [1.82, 2.24) is 40.4 Å². The van der Waals surface area contributed by atoms with Gasteiger partial charge in [-0.25, -0.2) is 9.36 Å². The number of aromatic nitrogens is 8. The summed E-state index contributed by atoms with van der Waals surface area (Å²) in [6.45, 7) is 0. The molecule has 1 fully saturated rings. The minimum Gasteiger partial charge on any atom is -0.322 e. The smallest absolute Gasteiger partial charge is 0.255 e. The van der Waals surface area contributed by atoms with E-state index in [2.05, 4.69) is 36.4 Å². The largest absolute Gasteiger partial charge is 0.322 e. The molecular formula is C18H15N9O. The molecule has 0 spiro atoms. The summed E-state index contributed by atoms with van der Waals surface area (Å²) in [5.74, 6) is 0.528. The highest BCUT2D eigenvalue weighted by Crippen LogP contribution is 2.36. The molecule has 1 aliphatic carbocycles. The summed E-state index contributed by atoms with van der Waals surface area (Å²) in [5, 5.41) is 25.9. The lowest BCUT2D eigenvalue weighted by Gasteiger charge is -2.08. The number of amides is 1. The summed E-state index contributed by atoms with van der Waals surface area (Å²) in [7, 11) is 0. The molecule has 10 heteroatoms. The monoisotopic (exact) mass is 373 g/mol. The maximum Gasteiger partial charge on any atom is 0.255 e. The van der Waals surface area contributed by atoms with E-state index in [9.17, 15) is 4.79 Å². The molecule has 0 saturated heterocycles. The first kappa shape index (κ1) is 16.2. The SMILES string of the molecule is O=C(Nc1ccc(-c2nnnn2C2CC2)cc1)c1cccc(-n2cnnn2)c1. The first-order chi connectivity index (χ1) is 13.8. The number of carbonyl (C=O) groups excluding carboxylic acids is 1. The van der Waals surface area contributed by atoms with Gasteiger partial charge in [0.1, 0.15) is 6.33 Å². The lowest BCUT2D eigenvalue weighted by Crippen LogP contribution is -2.12. The molecule has 0 aliphatic heterocycles. The van der Waals surface area contributed by atoms with E-state index >= 15 is 0 Å². The Balaban J connectivity index is 1.33. The van der Waals surface area contributed by atoms with Gasteiger partial charge in [-0.2, -0.15) is 0 Å². The van der Waals surface area contributed by atoms with E-state index in [4.69, 9.17) is 0 Å². The number of nitrogens with zero attached hydrogens (tertiary/aromatic N) is 8. The van der Waals surface area contributed by atoms with Crippen molar-refractivity contribution in [3.05, 3.63) is 60.4 Å². The predicted octanol–water partition coefficient (Wildman–Crippen LogP) is 1.90. The van der Waals surface area contributed by atoms with Gasteiger partial charge in [-0.15, -0.1) is 10.2 Å². The molecule has 1 N–H and O–H groups in total. The number of carbonyl (C=O) groups is 1. The maximum absolute atomic E-state index is 12.6. The standard InChI is InChI=1S/C18H15N9O/c28-18(13-2-1-3-16(10-13)26-11-19-22-24-26)20-14-6-4-12(5-7-14)17-21-23-25-27(17)15-8-9-15/h1-7,10-11,15H,8-9H2,(H,20,28). The third kappa shape index (κ3) is 3.11. The van der Waals surface area contributed by atoms with Crippen LogP contribution in [0.1, 0.15) is 29.2 Å². The third-order valence-corrected chi connectivity index (χ3v) is 4.51. The van der Waals surface area contributed by atoms with Crippen molar-refractivity contribution in [2.75, 3.05) is 5.32 Å². The Bertz CT molecular complexity index is 1110. The van der Waals surface area contributed by atoms with Crippen LogP contribution in [0.5, 0.6) is 0 Å². The van der Waals surface area contributed by atoms with Crippen LogP contribution < -0.4 is 5.32 Å². The van der Waals surface area contributed by atoms with E-state index in [-0.39, 0.29) is 5.91 Å². The van der Waals surface area contributed by atoms with E-state index in [1.54, 1.807) is 18.2 Å². The second-order valence-electron chi connectivity index (χ2n) is 6.51. The second-order valence-corrected chi connectivity index (χ2v) is 6.51. The molecule has 10 nitrogen and oxygen atoms in total. The molecule has 1 aliphatic rings. The van der Waals surface area contributed by atoms with Crippen LogP contribution in [0.25, 0.3) is 17.1 Å². The van der Waals surface area contributed by atoms with Crippen LogP contribution in [-0.4, -0.2) is 46.3 Å². The van der Waals surface area contributed by atoms with E-state index in [1.165, 1.54) is 11.0 Å². The second kappa shape index (κ2) is 6.65. The number of hydrogen-bond acceptors (Lipinski definition) is 7. The molecule has 1 saturated carbocycles. The van der Waals surface area contributed by atoms with Gasteiger partial charge in [0.15, 0.2) is 5.82 Å². The van der Waals surface area contributed by atoms with E-state index in [0.717, 1.165) is 24.2 Å². The zero-order chi connectivity index (χ0) is 18.9. The van der Waals surface area contributed by atoms with E-state index < -0.39 is 0 Å². The van der Waals surface area contributed by atoms with Crippen molar-refractivity contribution in [3.8, 4) is 17.1 Å². The zero-order valence-electron chi connectivity index (χ0n) is 14.7. The van der Waals surface area contributed by atoms with Crippen LogP contribution in [0.2, 0.25) is 0 Å². The average Bonchev–Trinajstić information content (AvgIpc) is 3.21. The van der Waals surface area contributed by atoms with Crippen molar-refractivity contribution in [1.29, 1.82) is 0 Å². The van der Waals surface area contributed by atoms with E-state index in [1.807, 2.05) is 35.0 Å². The van der Waals surface area contributed by atoms with Crippen LogP contribution in [-0.2, 0) is 0 Å². The van der Waals surface area contributed by atoms with Crippen LogP contribution in [0.15, 0.2) is 54.9 Å². The number of anilines is 1. The molecule has 138 valence electrons. The van der Waals surface area contributed by atoms with E-state index in [0.29, 0.717) is 23.0 Å². The molecule has 28 heavy (non-hydrogen) atoms. The molecule has 5 rings (SSSR count). The summed E-state index contributed by atoms with van der Waals surface area (Å²) in [4.78, 5) is 12.6. The van der Waals surface area contributed by atoms with Crippen molar-refractivity contribution in [2.24, 2.45) is 0 Å². The van der Waals surface area contributed by atoms with Crippen LogP contribution in [0.4, 0.5) is 5.69 Å². The van der Waals surface area contributed by atoms with Crippen LogP contribution in [0.3, 0.4) is 0 Å². The molecule has 0 unspecified atom stereocenters. The number of rotatable bonds is 5. The molecular weight excluding hydrogens is 358 g/mol. The highest BCUT2D eigenvalue weighted by Gasteiger charge is 2.28. The quantitative estimate of drug-likeness (QED) is 0.568. The molecule has 2 heterocycles. The molecule has 1 amide bonds. The number of tetrazole rings is 2. The summed E-state index contributed by atoms with van der Waals surface area (Å²) in [6, 6.07) is 14.9. The van der Waals surface area contributed by atoms with Gasteiger partial charge in [0.2, 0.25) is 0 Å². The van der Waals surface area contributed by atoms with Crippen molar-refractivity contribution in [3.63, 3.8) is 0 Å². The molecule has 2 aromatic heterocycles. The minimum absolute atomic E-state index is 0.217. The fourth-order valence-corrected chi connectivity index (χ4v) is 2.92. The minimum atomic E-state index is -0.217.